The van der Waals surface area contributed by atoms with E-state index in [2.05, 4.69) is 0 Å². The maximum Gasteiger partial charge on any atom is 0.365 e. The molecule has 0 saturated carbocycles. The van der Waals surface area contributed by atoms with Crippen molar-refractivity contribution in [3.63, 3.8) is 0 Å². The molecule has 0 radical (unpaired) electrons. The van der Waals surface area contributed by atoms with Crippen LogP contribution < -0.4 is 4.74 Å². The van der Waals surface area contributed by atoms with Crippen molar-refractivity contribution in [2.45, 2.75) is 32.9 Å². The summed E-state index contributed by atoms with van der Waals surface area (Å²) >= 11 is 0. The Morgan fingerprint density at radius 1 is 1.00 bits per heavy atom. The number of quaternary nitrogens is 1. The van der Waals surface area contributed by atoms with Gasteiger partial charge in [-0.2, -0.15) is 4.48 Å². The lowest BCUT2D eigenvalue weighted by Crippen LogP contribution is -2.76. The maximum absolute atomic E-state index is 12.8. The fourth-order valence-corrected chi connectivity index (χ4v) is 3.65. The minimum atomic E-state index is -0.881. The van der Waals surface area contributed by atoms with Gasteiger partial charge in [0.15, 0.2) is 12.0 Å². The van der Waals surface area contributed by atoms with Crippen LogP contribution >= 0.6 is 0 Å². The first-order chi connectivity index (χ1) is 13.4. The molecule has 28 heavy (non-hydrogen) atoms. The van der Waals surface area contributed by atoms with Gasteiger partial charge in [-0.05, 0) is 49.7 Å². The number of hydrogen-bond acceptors (Lipinski definition) is 5. The number of benzene rings is 2. The van der Waals surface area contributed by atoms with Gasteiger partial charge in [0.05, 0.1) is 7.11 Å². The van der Waals surface area contributed by atoms with E-state index in [4.69, 9.17) is 9.47 Å². The summed E-state index contributed by atoms with van der Waals surface area (Å²) in [7, 11) is 1.26. The molecule has 6 nitrogen and oxygen atoms in total. The summed E-state index contributed by atoms with van der Waals surface area (Å²) in [4.78, 5) is 37.8. The first-order valence-corrected chi connectivity index (χ1v) is 9.30. The number of β-lactam (4-membered cyclic amide) rings is 2. The van der Waals surface area contributed by atoms with Gasteiger partial charge in [0, 0.05) is 5.56 Å². The number of imide groups is 1. The van der Waals surface area contributed by atoms with Crippen LogP contribution in [0.5, 0.6) is 11.5 Å². The van der Waals surface area contributed by atoms with Crippen molar-refractivity contribution in [1.82, 2.24) is 0 Å². The van der Waals surface area contributed by atoms with E-state index < -0.39 is 22.4 Å². The molecular weight excluding hydrogens is 358 g/mol. The molecule has 0 aromatic heterocycles. The molecule has 2 aromatic rings. The summed E-state index contributed by atoms with van der Waals surface area (Å²) in [6, 6.07) is 15.7. The van der Waals surface area contributed by atoms with Crippen molar-refractivity contribution in [1.29, 1.82) is 0 Å². The molecule has 146 valence electrons. The molecule has 1 aliphatic rings. The van der Waals surface area contributed by atoms with Gasteiger partial charge in [0.2, 0.25) is 0 Å². The summed E-state index contributed by atoms with van der Waals surface area (Å²) in [6.45, 7) is 3.49. The van der Waals surface area contributed by atoms with Crippen LogP contribution in [0.15, 0.2) is 54.6 Å². The molecule has 1 saturated heterocycles. The Hall–Kier alpha value is -2.99. The van der Waals surface area contributed by atoms with Crippen LogP contribution in [0.1, 0.15) is 25.8 Å². The van der Waals surface area contributed by atoms with E-state index in [1.165, 1.54) is 7.11 Å². The topological polar surface area (TPSA) is 69.7 Å². The van der Waals surface area contributed by atoms with Crippen molar-refractivity contribution < 1.29 is 28.3 Å². The summed E-state index contributed by atoms with van der Waals surface area (Å²) in [5.74, 6) is -0.301. The Kier molecular flexibility index (Phi) is 5.61. The van der Waals surface area contributed by atoms with Gasteiger partial charge in [0.25, 0.3) is 0 Å². The van der Waals surface area contributed by atoms with Gasteiger partial charge in [-0.1, -0.05) is 25.1 Å². The minimum Gasteiger partial charge on any atom is -0.465 e. The smallest absolute Gasteiger partial charge is 0.365 e. The van der Waals surface area contributed by atoms with Gasteiger partial charge >= 0.3 is 17.8 Å². The fourth-order valence-electron chi connectivity index (χ4n) is 3.65. The molecule has 1 atom stereocenters. The van der Waals surface area contributed by atoms with E-state index in [9.17, 15) is 14.4 Å². The van der Waals surface area contributed by atoms with E-state index in [1.54, 1.807) is 26.0 Å². The predicted octanol–water partition coefficient (Wildman–Crippen LogP) is 3.45. The Morgan fingerprint density at radius 3 is 2.11 bits per heavy atom. The zero-order valence-electron chi connectivity index (χ0n) is 16.3. The van der Waals surface area contributed by atoms with E-state index in [1.807, 2.05) is 42.5 Å². The summed E-state index contributed by atoms with van der Waals surface area (Å²) in [5, 5.41) is 0. The SMILES string of the molecule is CCC1C(=O)[N+](Cc2ccc(Oc3ccccc3)cc2)([C@@H](C)C(=O)OC)C1=O. The second-order valence-corrected chi connectivity index (χ2v) is 6.92. The summed E-state index contributed by atoms with van der Waals surface area (Å²) in [6.07, 6.45) is 0.440. The second kappa shape index (κ2) is 7.94. The first-order valence-electron chi connectivity index (χ1n) is 9.30. The molecule has 3 rings (SSSR count). The molecule has 0 unspecified atom stereocenters. The molecule has 2 aromatic carbocycles. The van der Waals surface area contributed by atoms with Crippen LogP contribution in [-0.4, -0.2) is 35.4 Å². The number of rotatable bonds is 7. The number of hydrogen-bond donors (Lipinski definition) is 0. The van der Waals surface area contributed by atoms with Gasteiger partial charge in [-0.25, -0.2) is 14.4 Å². The molecule has 0 spiro atoms. The number of methoxy groups -OCH3 is 1. The molecule has 1 fully saturated rings. The molecular formula is C22H24NO5+. The largest absolute Gasteiger partial charge is 0.465 e. The highest BCUT2D eigenvalue weighted by Crippen LogP contribution is 2.38. The summed E-state index contributed by atoms with van der Waals surface area (Å²) < 4.78 is 10.1. The van der Waals surface area contributed by atoms with Crippen LogP contribution in [0.2, 0.25) is 0 Å². The van der Waals surface area contributed by atoms with Crippen LogP contribution in [0.3, 0.4) is 0 Å². The molecule has 1 aliphatic heterocycles. The number of ether oxygens (including phenoxy) is 2. The van der Waals surface area contributed by atoms with E-state index in [0.717, 1.165) is 11.3 Å². The Morgan fingerprint density at radius 2 is 1.57 bits per heavy atom. The molecule has 0 bridgehead atoms. The van der Waals surface area contributed by atoms with Crippen molar-refractivity contribution in [3.8, 4) is 11.5 Å². The number of carbonyl (C=O) groups excluding carboxylic acids is 3. The molecule has 1 heterocycles. The Balaban J connectivity index is 1.83. The average molecular weight is 382 g/mol. The lowest BCUT2D eigenvalue weighted by atomic mass is 9.86. The third-order valence-corrected chi connectivity index (χ3v) is 5.33. The van der Waals surface area contributed by atoms with Crippen molar-refractivity contribution in [3.05, 3.63) is 60.2 Å². The summed E-state index contributed by atoms with van der Waals surface area (Å²) in [5.41, 5.74) is 0.771. The lowest BCUT2D eigenvalue weighted by Gasteiger charge is -2.46. The normalized spacial score (nSPS) is 22.3. The zero-order chi connectivity index (χ0) is 20.3. The first kappa shape index (κ1) is 19.8. The van der Waals surface area contributed by atoms with Crippen LogP contribution in [-0.2, 0) is 25.7 Å². The van der Waals surface area contributed by atoms with Crippen LogP contribution in [0.4, 0.5) is 0 Å². The molecule has 6 heteroatoms. The number of para-hydroxylation sites is 1. The molecule has 0 N–H and O–H groups in total. The average Bonchev–Trinajstić information content (AvgIpc) is 2.73. The number of amides is 2. The third kappa shape index (κ3) is 3.31. The lowest BCUT2D eigenvalue weighted by molar-refractivity contribution is -0.831. The van der Waals surface area contributed by atoms with Crippen LogP contribution in [0.25, 0.3) is 0 Å². The minimum absolute atomic E-state index is 0.121. The number of carbonyl (C=O) groups is 3. The quantitative estimate of drug-likeness (QED) is 0.317. The maximum atomic E-state index is 12.8. The van der Waals surface area contributed by atoms with Crippen molar-refractivity contribution >= 4 is 17.8 Å². The Bertz CT molecular complexity index is 860. The standard InChI is InChI=1S/C22H24NO5/c1-4-19-20(24)23(21(19)25,15(2)22(26)27-3)14-16-10-12-18(13-11-16)28-17-8-6-5-7-9-17/h5-13,15,19H,4,14H2,1-3H3/q+1/t15-,19?,23?/m0/s1. The number of likely N-dealkylation sites (tertiary alicyclic amines) is 1. The predicted molar refractivity (Wildman–Crippen MR) is 102 cm³/mol. The fraction of sp³-hybridized carbons (Fsp3) is 0.318. The highest BCUT2D eigenvalue weighted by Gasteiger charge is 2.67. The highest BCUT2D eigenvalue weighted by atomic mass is 16.5. The van der Waals surface area contributed by atoms with E-state index in [-0.39, 0.29) is 18.4 Å². The second-order valence-electron chi connectivity index (χ2n) is 6.92. The van der Waals surface area contributed by atoms with Crippen molar-refractivity contribution in [2.24, 2.45) is 5.92 Å². The van der Waals surface area contributed by atoms with E-state index in [0.29, 0.717) is 12.2 Å². The van der Waals surface area contributed by atoms with Gasteiger partial charge in [0.1, 0.15) is 18.0 Å². The van der Waals surface area contributed by atoms with E-state index >= 15 is 0 Å². The highest BCUT2D eigenvalue weighted by molar-refractivity contribution is 6.09. The van der Waals surface area contributed by atoms with Gasteiger partial charge in [-0.15, -0.1) is 0 Å². The van der Waals surface area contributed by atoms with Crippen molar-refractivity contribution in [2.75, 3.05) is 7.11 Å². The molecule has 2 amide bonds. The zero-order valence-corrected chi connectivity index (χ0v) is 16.3. The number of esters is 1. The van der Waals surface area contributed by atoms with Crippen LogP contribution in [0, 0.1) is 5.92 Å². The number of nitrogens with zero attached hydrogens (tertiary/aromatic N) is 1. The van der Waals surface area contributed by atoms with Gasteiger partial charge < -0.3 is 9.47 Å². The monoisotopic (exact) mass is 382 g/mol. The van der Waals surface area contributed by atoms with Gasteiger partial charge in [-0.3, -0.25) is 0 Å². The molecule has 0 aliphatic carbocycles. The third-order valence-electron chi connectivity index (χ3n) is 5.33. The Labute approximate surface area is 164 Å².